The lowest BCUT2D eigenvalue weighted by Gasteiger charge is -2.05. The van der Waals surface area contributed by atoms with Gasteiger partial charge >= 0.3 is 11.9 Å². The maximum absolute atomic E-state index is 13.1. The SMILES string of the molecule is Cc1c([N+](=O)[O-])c(C(F)(F)F)nn1CC(=O)Nc1nn(Cc2ccc(Cl)c(Cl)c2)cc1Br. The molecule has 3 aromatic rings. The van der Waals surface area contributed by atoms with E-state index < -0.39 is 40.6 Å². The van der Waals surface area contributed by atoms with Crippen LogP contribution in [0.5, 0.6) is 0 Å². The zero-order valence-corrected chi connectivity index (χ0v) is 19.1. The Bertz CT molecular complexity index is 1210. The smallest absolute Gasteiger partial charge is 0.307 e. The predicted molar refractivity (Wildman–Crippen MR) is 113 cm³/mol. The zero-order chi connectivity index (χ0) is 23.8. The minimum Gasteiger partial charge on any atom is -0.307 e. The van der Waals surface area contributed by atoms with Crippen molar-refractivity contribution in [3.8, 4) is 0 Å². The van der Waals surface area contributed by atoms with Crippen molar-refractivity contribution in [1.29, 1.82) is 0 Å². The minimum atomic E-state index is -5.04. The molecule has 0 bridgehead atoms. The lowest BCUT2D eigenvalue weighted by molar-refractivity contribution is -0.388. The molecular weight excluding hydrogens is 544 g/mol. The number of nitrogens with one attached hydrogen (secondary N) is 1. The lowest BCUT2D eigenvalue weighted by atomic mass is 10.2. The summed E-state index contributed by atoms with van der Waals surface area (Å²) < 4.78 is 41.7. The Morgan fingerprint density at radius 1 is 1.28 bits per heavy atom. The molecule has 0 aliphatic carbocycles. The van der Waals surface area contributed by atoms with Crippen molar-refractivity contribution in [3.63, 3.8) is 0 Å². The highest BCUT2D eigenvalue weighted by atomic mass is 79.9. The molecule has 2 heterocycles. The summed E-state index contributed by atoms with van der Waals surface area (Å²) in [7, 11) is 0. The highest BCUT2D eigenvalue weighted by molar-refractivity contribution is 9.10. The van der Waals surface area contributed by atoms with Crippen LogP contribution in [-0.2, 0) is 24.1 Å². The maximum atomic E-state index is 13.1. The molecule has 0 saturated carbocycles. The lowest BCUT2D eigenvalue weighted by Crippen LogP contribution is -2.21. The Morgan fingerprint density at radius 2 is 1.97 bits per heavy atom. The van der Waals surface area contributed by atoms with Crippen molar-refractivity contribution >= 4 is 56.5 Å². The number of nitrogens with zero attached hydrogens (tertiary/aromatic N) is 5. The van der Waals surface area contributed by atoms with Gasteiger partial charge in [-0.05, 0) is 40.5 Å². The summed E-state index contributed by atoms with van der Waals surface area (Å²) in [5.74, 6) is -0.676. The van der Waals surface area contributed by atoms with Gasteiger partial charge < -0.3 is 5.32 Å². The molecule has 1 amide bonds. The summed E-state index contributed by atoms with van der Waals surface area (Å²) in [6.07, 6.45) is -3.47. The quantitative estimate of drug-likeness (QED) is 0.337. The van der Waals surface area contributed by atoms with Gasteiger partial charge in [0.05, 0.1) is 26.0 Å². The first kappa shape index (κ1) is 24.0. The van der Waals surface area contributed by atoms with Crippen molar-refractivity contribution < 1.29 is 22.9 Å². The topological polar surface area (TPSA) is 108 Å². The molecule has 2 aromatic heterocycles. The number of amides is 1. The van der Waals surface area contributed by atoms with E-state index in [-0.39, 0.29) is 5.82 Å². The van der Waals surface area contributed by atoms with Crippen LogP contribution in [0.4, 0.5) is 24.7 Å². The Hall–Kier alpha value is -2.64. The normalized spacial score (nSPS) is 11.6. The fraction of sp³-hybridized carbons (Fsp3) is 0.235. The number of alkyl halides is 3. The van der Waals surface area contributed by atoms with E-state index in [2.05, 4.69) is 31.4 Å². The van der Waals surface area contributed by atoms with Crippen molar-refractivity contribution in [2.75, 3.05) is 5.32 Å². The van der Waals surface area contributed by atoms with Crippen molar-refractivity contribution in [2.24, 2.45) is 0 Å². The van der Waals surface area contributed by atoms with Crippen LogP contribution in [0.2, 0.25) is 10.0 Å². The number of hydrogen-bond acceptors (Lipinski definition) is 5. The average Bonchev–Trinajstić information content (AvgIpc) is 3.18. The number of carbonyl (C=O) groups excluding carboxylic acids is 1. The first-order valence-electron chi connectivity index (χ1n) is 8.62. The highest BCUT2D eigenvalue weighted by Crippen LogP contribution is 2.37. The van der Waals surface area contributed by atoms with Crippen LogP contribution in [0.1, 0.15) is 17.0 Å². The van der Waals surface area contributed by atoms with E-state index >= 15 is 0 Å². The summed E-state index contributed by atoms with van der Waals surface area (Å²) in [5, 5.41) is 21.6. The number of halogens is 6. The monoisotopic (exact) mass is 554 g/mol. The minimum absolute atomic E-state index is 0.102. The standard InChI is InChI=1S/C17H12BrCl2F3N6O3/c1-8-14(29(31)32)15(17(21,22)23)25-28(8)7-13(30)24-16-10(18)6-27(26-16)5-9-2-3-11(19)12(20)4-9/h2-4,6H,5,7H2,1H3,(H,24,26,30). The van der Waals surface area contributed by atoms with Gasteiger partial charge in [0.25, 0.3) is 0 Å². The molecule has 0 unspecified atom stereocenters. The Balaban J connectivity index is 1.76. The fourth-order valence-corrected chi connectivity index (χ4v) is 3.53. The van der Waals surface area contributed by atoms with Crippen molar-refractivity contribution in [3.05, 3.63) is 66.0 Å². The second kappa shape index (κ2) is 9.08. The Morgan fingerprint density at radius 3 is 2.53 bits per heavy atom. The second-order valence-corrected chi connectivity index (χ2v) is 8.18. The van der Waals surface area contributed by atoms with Crippen molar-refractivity contribution in [2.45, 2.75) is 26.2 Å². The number of nitro groups is 1. The molecule has 0 radical (unpaired) electrons. The summed E-state index contributed by atoms with van der Waals surface area (Å²) in [5.41, 5.74) is -2.48. The number of hydrogen-bond donors (Lipinski definition) is 1. The first-order valence-corrected chi connectivity index (χ1v) is 10.2. The van der Waals surface area contributed by atoms with E-state index in [4.69, 9.17) is 23.2 Å². The van der Waals surface area contributed by atoms with Crippen LogP contribution in [0.15, 0.2) is 28.9 Å². The summed E-state index contributed by atoms with van der Waals surface area (Å²) in [4.78, 5) is 22.2. The summed E-state index contributed by atoms with van der Waals surface area (Å²) in [6.45, 7) is 0.690. The van der Waals surface area contributed by atoms with Crippen LogP contribution in [0.3, 0.4) is 0 Å². The van der Waals surface area contributed by atoms with Gasteiger partial charge in [-0.25, -0.2) is 0 Å². The number of benzene rings is 1. The van der Waals surface area contributed by atoms with Crippen LogP contribution < -0.4 is 5.32 Å². The molecule has 0 saturated heterocycles. The third kappa shape index (κ3) is 5.22. The molecule has 0 aliphatic heterocycles. The average molecular weight is 556 g/mol. The van der Waals surface area contributed by atoms with Gasteiger partial charge in [-0.1, -0.05) is 29.3 Å². The molecule has 9 nitrogen and oxygen atoms in total. The van der Waals surface area contributed by atoms with Gasteiger partial charge in [0, 0.05) is 6.20 Å². The number of rotatable bonds is 6. The van der Waals surface area contributed by atoms with E-state index in [0.29, 0.717) is 25.7 Å². The molecule has 170 valence electrons. The van der Waals surface area contributed by atoms with Gasteiger partial charge in [0.2, 0.25) is 11.6 Å². The molecular formula is C17H12BrCl2F3N6O3. The van der Waals surface area contributed by atoms with E-state index in [1.54, 1.807) is 24.4 Å². The number of aromatic nitrogens is 4. The Labute approximate surface area is 196 Å². The zero-order valence-electron chi connectivity index (χ0n) is 16.0. The predicted octanol–water partition coefficient (Wildman–Crippen LogP) is 5.07. The summed E-state index contributed by atoms with van der Waals surface area (Å²) >= 11 is 15.1. The first-order chi connectivity index (χ1) is 14.9. The van der Waals surface area contributed by atoms with Gasteiger partial charge in [-0.15, -0.1) is 0 Å². The third-order valence-corrected chi connectivity index (χ3v) is 5.54. The number of anilines is 1. The van der Waals surface area contributed by atoms with Crippen LogP contribution in [0, 0.1) is 17.0 Å². The molecule has 0 spiro atoms. The number of carbonyl (C=O) groups is 1. The van der Waals surface area contributed by atoms with E-state index in [1.807, 2.05) is 0 Å². The van der Waals surface area contributed by atoms with Crippen LogP contribution in [0.25, 0.3) is 0 Å². The highest BCUT2D eigenvalue weighted by Gasteiger charge is 2.44. The maximum Gasteiger partial charge on any atom is 0.442 e. The van der Waals surface area contributed by atoms with Crippen molar-refractivity contribution in [1.82, 2.24) is 19.6 Å². The van der Waals surface area contributed by atoms with Crippen LogP contribution >= 0.6 is 39.1 Å². The van der Waals surface area contributed by atoms with E-state index in [1.165, 1.54) is 4.68 Å². The molecule has 0 fully saturated rings. The van der Waals surface area contributed by atoms with Gasteiger partial charge in [-0.3, -0.25) is 24.3 Å². The van der Waals surface area contributed by atoms with Gasteiger partial charge in [0.15, 0.2) is 5.82 Å². The molecule has 1 N–H and O–H groups in total. The molecule has 15 heteroatoms. The van der Waals surface area contributed by atoms with Gasteiger partial charge in [0.1, 0.15) is 12.2 Å². The molecule has 32 heavy (non-hydrogen) atoms. The molecule has 1 aromatic carbocycles. The molecule has 0 aliphatic rings. The molecule has 3 rings (SSSR count). The summed E-state index contributed by atoms with van der Waals surface area (Å²) in [6, 6.07) is 5.03. The fourth-order valence-electron chi connectivity index (χ4n) is 2.80. The van der Waals surface area contributed by atoms with E-state index in [0.717, 1.165) is 12.5 Å². The van der Waals surface area contributed by atoms with E-state index in [9.17, 15) is 28.1 Å². The third-order valence-electron chi connectivity index (χ3n) is 4.22. The largest absolute Gasteiger partial charge is 0.442 e. The van der Waals surface area contributed by atoms with Gasteiger partial charge in [-0.2, -0.15) is 23.4 Å². The Kier molecular flexibility index (Phi) is 6.81. The molecule has 0 atom stereocenters. The second-order valence-electron chi connectivity index (χ2n) is 6.52. The van der Waals surface area contributed by atoms with Crippen LogP contribution in [-0.4, -0.2) is 30.4 Å².